The molecule has 3 aromatic heterocycles. The number of fused-ring (bicyclic) bond motifs is 6. The first-order valence-electron chi connectivity index (χ1n) is 16.6. The SMILES string of the molecule is c1ccc(-c2nc(-c3ccc4c(c3)oc3cc(-c5cccc6c5oc5ccccc56)ccc34)nc(-c3ccccc3-c3ccccc3)n2)cc1. The van der Waals surface area contributed by atoms with Crippen LogP contribution < -0.4 is 0 Å². The fourth-order valence-electron chi connectivity index (χ4n) is 6.95. The number of furan rings is 2. The van der Waals surface area contributed by atoms with E-state index in [1.807, 2.05) is 84.9 Å². The molecule has 3 heterocycles. The Bertz CT molecular complexity index is 2870. The lowest BCUT2D eigenvalue weighted by Crippen LogP contribution is -2.01. The van der Waals surface area contributed by atoms with Gasteiger partial charge < -0.3 is 8.83 Å². The van der Waals surface area contributed by atoms with Crippen molar-refractivity contribution in [2.75, 3.05) is 0 Å². The molecule has 10 rings (SSSR count). The summed E-state index contributed by atoms with van der Waals surface area (Å²) in [6, 6.07) is 55.7. The molecule has 0 saturated carbocycles. The standard InChI is InChI=1S/C45H27N3O2/c1-3-12-28(13-4-1)32-16-7-8-18-38(32)45-47-43(29-14-5-2-6-15-29)46-44(48-45)31-23-25-36-35-24-22-30(26-40(35)49-41(36)27-31)33-19-11-20-37-34-17-9-10-21-39(34)50-42(33)37/h1-27H. The molecule has 0 aliphatic heterocycles. The minimum atomic E-state index is 0.580. The van der Waals surface area contributed by atoms with Crippen LogP contribution >= 0.6 is 0 Å². The Morgan fingerprint density at radius 3 is 1.62 bits per heavy atom. The van der Waals surface area contributed by atoms with Crippen LogP contribution in [-0.4, -0.2) is 15.0 Å². The van der Waals surface area contributed by atoms with E-state index in [-0.39, 0.29) is 0 Å². The summed E-state index contributed by atoms with van der Waals surface area (Å²) < 4.78 is 12.9. The van der Waals surface area contributed by atoms with Gasteiger partial charge in [-0.05, 0) is 47.0 Å². The molecule has 0 radical (unpaired) electrons. The first kappa shape index (κ1) is 28.2. The summed E-state index contributed by atoms with van der Waals surface area (Å²) in [6.45, 7) is 0. The zero-order chi connectivity index (χ0) is 33.0. The van der Waals surface area contributed by atoms with Crippen molar-refractivity contribution in [1.29, 1.82) is 0 Å². The number of benzene rings is 7. The van der Waals surface area contributed by atoms with Crippen LogP contribution in [0.25, 0.3) is 100 Å². The van der Waals surface area contributed by atoms with Gasteiger partial charge in [-0.2, -0.15) is 0 Å². The molecule has 0 spiro atoms. The van der Waals surface area contributed by atoms with Crippen LogP contribution in [0, 0.1) is 0 Å². The van der Waals surface area contributed by atoms with Gasteiger partial charge in [-0.3, -0.25) is 0 Å². The second-order valence-corrected chi connectivity index (χ2v) is 12.4. The van der Waals surface area contributed by atoms with E-state index in [9.17, 15) is 0 Å². The van der Waals surface area contributed by atoms with E-state index in [0.717, 1.165) is 82.8 Å². The van der Waals surface area contributed by atoms with Gasteiger partial charge in [-0.1, -0.05) is 133 Å². The van der Waals surface area contributed by atoms with Crippen molar-refractivity contribution in [2.45, 2.75) is 0 Å². The molecule has 7 aromatic carbocycles. The quantitative estimate of drug-likeness (QED) is 0.187. The van der Waals surface area contributed by atoms with Crippen molar-refractivity contribution in [2.24, 2.45) is 0 Å². The Balaban J connectivity index is 1.11. The van der Waals surface area contributed by atoms with Gasteiger partial charge in [0.05, 0.1) is 0 Å². The lowest BCUT2D eigenvalue weighted by atomic mass is 9.99. The third-order valence-electron chi connectivity index (χ3n) is 9.37. The largest absolute Gasteiger partial charge is 0.456 e. The topological polar surface area (TPSA) is 65.0 Å². The molecule has 0 unspecified atom stereocenters. The molecular weight excluding hydrogens is 615 g/mol. The number of para-hydroxylation sites is 2. The number of hydrogen-bond acceptors (Lipinski definition) is 5. The van der Waals surface area contributed by atoms with Gasteiger partial charge in [-0.25, -0.2) is 15.0 Å². The van der Waals surface area contributed by atoms with Crippen LogP contribution in [0.1, 0.15) is 0 Å². The average molecular weight is 642 g/mol. The van der Waals surface area contributed by atoms with Gasteiger partial charge in [0, 0.05) is 43.8 Å². The summed E-state index contributed by atoms with van der Waals surface area (Å²) in [6.07, 6.45) is 0. The molecule has 0 amide bonds. The molecule has 0 fully saturated rings. The first-order valence-corrected chi connectivity index (χ1v) is 16.6. The van der Waals surface area contributed by atoms with Crippen molar-refractivity contribution < 1.29 is 8.83 Å². The molecule has 0 aliphatic carbocycles. The zero-order valence-electron chi connectivity index (χ0n) is 26.7. The number of nitrogens with zero attached hydrogens (tertiary/aromatic N) is 3. The predicted octanol–water partition coefficient (Wildman–Crippen LogP) is 12.0. The molecule has 0 N–H and O–H groups in total. The summed E-state index contributed by atoms with van der Waals surface area (Å²) in [7, 11) is 0. The first-order chi connectivity index (χ1) is 24.8. The maximum atomic E-state index is 6.55. The molecule has 50 heavy (non-hydrogen) atoms. The minimum Gasteiger partial charge on any atom is -0.456 e. The summed E-state index contributed by atoms with van der Waals surface area (Å²) >= 11 is 0. The molecule has 0 atom stereocenters. The molecule has 0 aliphatic rings. The van der Waals surface area contributed by atoms with E-state index in [1.54, 1.807) is 0 Å². The number of hydrogen-bond donors (Lipinski definition) is 0. The van der Waals surface area contributed by atoms with Gasteiger partial charge in [0.25, 0.3) is 0 Å². The van der Waals surface area contributed by atoms with Gasteiger partial charge in [-0.15, -0.1) is 0 Å². The fourth-order valence-corrected chi connectivity index (χ4v) is 6.95. The molecular formula is C45H27N3O2. The van der Waals surface area contributed by atoms with Crippen LogP contribution in [-0.2, 0) is 0 Å². The maximum absolute atomic E-state index is 6.55. The van der Waals surface area contributed by atoms with Crippen LogP contribution in [0.5, 0.6) is 0 Å². The zero-order valence-corrected chi connectivity index (χ0v) is 26.7. The Morgan fingerprint density at radius 2 is 0.840 bits per heavy atom. The van der Waals surface area contributed by atoms with Crippen LogP contribution in [0.4, 0.5) is 0 Å². The predicted molar refractivity (Wildman–Crippen MR) is 202 cm³/mol. The Hall–Kier alpha value is -6.85. The highest BCUT2D eigenvalue weighted by Gasteiger charge is 2.18. The van der Waals surface area contributed by atoms with Crippen molar-refractivity contribution in [1.82, 2.24) is 15.0 Å². The maximum Gasteiger partial charge on any atom is 0.164 e. The molecule has 234 valence electrons. The fraction of sp³-hybridized carbons (Fsp3) is 0. The van der Waals surface area contributed by atoms with E-state index in [0.29, 0.717) is 17.5 Å². The summed E-state index contributed by atoms with van der Waals surface area (Å²) in [5.41, 5.74) is 10.3. The summed E-state index contributed by atoms with van der Waals surface area (Å²) in [4.78, 5) is 15.1. The monoisotopic (exact) mass is 641 g/mol. The second kappa shape index (κ2) is 11.4. The van der Waals surface area contributed by atoms with E-state index in [1.165, 1.54) is 0 Å². The van der Waals surface area contributed by atoms with Gasteiger partial charge in [0.2, 0.25) is 0 Å². The van der Waals surface area contributed by atoms with E-state index < -0.39 is 0 Å². The Morgan fingerprint density at radius 1 is 0.300 bits per heavy atom. The molecule has 0 bridgehead atoms. The Kier molecular flexibility index (Phi) is 6.42. The van der Waals surface area contributed by atoms with Crippen molar-refractivity contribution >= 4 is 43.9 Å². The summed E-state index contributed by atoms with van der Waals surface area (Å²) in [5.74, 6) is 1.81. The highest BCUT2D eigenvalue weighted by Crippen LogP contribution is 2.39. The van der Waals surface area contributed by atoms with Crippen molar-refractivity contribution in [3.8, 4) is 56.4 Å². The minimum absolute atomic E-state index is 0.580. The van der Waals surface area contributed by atoms with E-state index >= 15 is 0 Å². The van der Waals surface area contributed by atoms with Crippen LogP contribution in [0.2, 0.25) is 0 Å². The third-order valence-corrected chi connectivity index (χ3v) is 9.37. The molecule has 5 heteroatoms. The van der Waals surface area contributed by atoms with Gasteiger partial charge in [0.15, 0.2) is 17.5 Å². The normalized spacial score (nSPS) is 11.6. The smallest absolute Gasteiger partial charge is 0.164 e. The second-order valence-electron chi connectivity index (χ2n) is 12.4. The molecule has 0 saturated heterocycles. The van der Waals surface area contributed by atoms with Crippen molar-refractivity contribution in [3.63, 3.8) is 0 Å². The Labute approximate surface area is 287 Å². The number of aromatic nitrogens is 3. The van der Waals surface area contributed by atoms with Crippen molar-refractivity contribution in [3.05, 3.63) is 164 Å². The molecule has 5 nitrogen and oxygen atoms in total. The summed E-state index contributed by atoms with van der Waals surface area (Å²) in [5, 5.41) is 4.29. The third kappa shape index (κ3) is 4.67. The van der Waals surface area contributed by atoms with E-state index in [4.69, 9.17) is 23.8 Å². The molecule has 10 aromatic rings. The van der Waals surface area contributed by atoms with E-state index in [2.05, 4.69) is 78.9 Å². The lowest BCUT2D eigenvalue weighted by molar-refractivity contribution is 0.668. The van der Waals surface area contributed by atoms with Crippen LogP contribution in [0.15, 0.2) is 173 Å². The average Bonchev–Trinajstić information content (AvgIpc) is 3.76. The van der Waals surface area contributed by atoms with Crippen LogP contribution in [0.3, 0.4) is 0 Å². The van der Waals surface area contributed by atoms with Gasteiger partial charge >= 0.3 is 0 Å². The highest BCUT2D eigenvalue weighted by atomic mass is 16.3. The van der Waals surface area contributed by atoms with Gasteiger partial charge in [0.1, 0.15) is 22.3 Å². The highest BCUT2D eigenvalue weighted by molar-refractivity contribution is 6.11. The number of rotatable bonds is 5. The lowest BCUT2D eigenvalue weighted by Gasteiger charge is -2.12.